The summed E-state index contributed by atoms with van der Waals surface area (Å²) in [4.78, 5) is 19.2. The molecule has 0 aromatic heterocycles. The number of carboxylic acids is 2. The molecule has 0 aromatic rings. The Morgan fingerprint density at radius 1 is 0.875 bits per heavy atom. The van der Waals surface area contributed by atoms with Crippen LogP contribution in [0.3, 0.4) is 0 Å². The summed E-state index contributed by atoms with van der Waals surface area (Å²) in [5, 5.41) is 15.8. The van der Waals surface area contributed by atoms with Crippen LogP contribution in [-0.4, -0.2) is 30.9 Å². The molecule has 0 spiro atoms. The fourth-order valence-corrected chi connectivity index (χ4v) is 0. The Kier molecular flexibility index (Phi) is 14.7. The van der Waals surface area contributed by atoms with Gasteiger partial charge in [-0.25, -0.2) is 9.59 Å². The van der Waals surface area contributed by atoms with Crippen molar-refractivity contribution < 1.29 is 19.8 Å². The second-order valence-corrected chi connectivity index (χ2v) is 6.67. The largest absolute Gasteiger partial charge is 0.478 e. The molecule has 0 saturated carbocycles. The van der Waals surface area contributed by atoms with Crippen LogP contribution in [0.2, 0.25) is 19.6 Å². The topological polar surface area (TPSA) is 74.6 Å². The fourth-order valence-electron chi connectivity index (χ4n) is 0. The lowest BCUT2D eigenvalue weighted by Crippen LogP contribution is -1.92. The van der Waals surface area contributed by atoms with Gasteiger partial charge in [0.2, 0.25) is 0 Å². The molecule has 0 saturated heterocycles. The van der Waals surface area contributed by atoms with E-state index in [4.69, 9.17) is 10.2 Å². The van der Waals surface area contributed by atoms with E-state index in [0.717, 1.165) is 0 Å². The fraction of sp³-hybridized carbons (Fsp3) is 0.455. The zero-order chi connectivity index (χ0) is 13.9. The van der Waals surface area contributed by atoms with Gasteiger partial charge in [0.1, 0.15) is 0 Å². The third-order valence-electron chi connectivity index (χ3n) is 0.730. The van der Waals surface area contributed by atoms with Gasteiger partial charge in [0.15, 0.2) is 0 Å². The minimum Gasteiger partial charge on any atom is -0.478 e. The SMILES string of the molecule is C=C(C)C(=O)O.C=C(C)C(=O)O.C[Si](C)C. The van der Waals surface area contributed by atoms with Crippen LogP contribution in [-0.2, 0) is 9.59 Å². The highest BCUT2D eigenvalue weighted by Crippen LogP contribution is 1.81. The van der Waals surface area contributed by atoms with Crippen molar-refractivity contribution in [2.24, 2.45) is 0 Å². The number of rotatable bonds is 2. The van der Waals surface area contributed by atoms with E-state index in [-0.39, 0.29) is 19.9 Å². The lowest BCUT2D eigenvalue weighted by atomic mass is 10.4. The van der Waals surface area contributed by atoms with E-state index in [0.29, 0.717) is 0 Å². The summed E-state index contributed by atoms with van der Waals surface area (Å²) in [6, 6.07) is 0. The van der Waals surface area contributed by atoms with Gasteiger partial charge in [-0.05, 0) is 13.8 Å². The maximum absolute atomic E-state index is 9.60. The molecule has 0 fully saturated rings. The maximum Gasteiger partial charge on any atom is 0.330 e. The second-order valence-electron chi connectivity index (χ2n) is 3.67. The monoisotopic (exact) mass is 245 g/mol. The molecular weight excluding hydrogens is 224 g/mol. The zero-order valence-electron chi connectivity index (χ0n) is 10.6. The molecule has 0 aliphatic rings. The lowest BCUT2D eigenvalue weighted by molar-refractivity contribution is -0.133. The third-order valence-corrected chi connectivity index (χ3v) is 0.730. The molecule has 1 radical (unpaired) electrons. The first-order valence-electron chi connectivity index (χ1n) is 4.56. The lowest BCUT2D eigenvalue weighted by Gasteiger charge is -1.79. The van der Waals surface area contributed by atoms with E-state index < -0.39 is 11.9 Å². The number of aliphatic carboxylic acids is 2. The van der Waals surface area contributed by atoms with Gasteiger partial charge < -0.3 is 10.2 Å². The van der Waals surface area contributed by atoms with Crippen LogP contribution >= 0.6 is 0 Å². The predicted molar refractivity (Wildman–Crippen MR) is 68.2 cm³/mol. The number of hydrogen-bond donors (Lipinski definition) is 2. The molecule has 0 amide bonds. The third kappa shape index (κ3) is 38.8. The first-order chi connectivity index (χ1) is 7.02. The van der Waals surface area contributed by atoms with Crippen molar-refractivity contribution in [3.8, 4) is 0 Å². The number of carboxylic acid groups (broad SMARTS) is 2. The Balaban J connectivity index is -0.000000162. The Bertz CT molecular complexity index is 206. The van der Waals surface area contributed by atoms with Crippen LogP contribution in [0, 0.1) is 0 Å². The zero-order valence-corrected chi connectivity index (χ0v) is 11.6. The van der Waals surface area contributed by atoms with Gasteiger partial charge in [-0.15, -0.1) is 0 Å². The molecule has 5 heteroatoms. The average molecular weight is 245 g/mol. The molecule has 0 atom stereocenters. The van der Waals surface area contributed by atoms with Crippen molar-refractivity contribution in [1.29, 1.82) is 0 Å². The molecule has 0 aliphatic heterocycles. The molecule has 16 heavy (non-hydrogen) atoms. The van der Waals surface area contributed by atoms with Gasteiger partial charge in [-0.3, -0.25) is 0 Å². The molecule has 0 unspecified atom stereocenters. The molecule has 4 nitrogen and oxygen atoms in total. The van der Waals surface area contributed by atoms with Crippen molar-refractivity contribution in [3.63, 3.8) is 0 Å². The number of hydrogen-bond acceptors (Lipinski definition) is 2. The highest BCUT2D eigenvalue weighted by molar-refractivity contribution is 6.54. The molecular formula is C11H21O4Si. The Morgan fingerprint density at radius 2 is 0.938 bits per heavy atom. The molecule has 93 valence electrons. The molecule has 2 N–H and O–H groups in total. The van der Waals surface area contributed by atoms with E-state index in [1.54, 1.807) is 0 Å². The summed E-state index contributed by atoms with van der Waals surface area (Å²) in [7, 11) is 0.120. The van der Waals surface area contributed by atoms with E-state index >= 15 is 0 Å². The minimum atomic E-state index is -0.935. The van der Waals surface area contributed by atoms with Crippen LogP contribution < -0.4 is 0 Å². The quantitative estimate of drug-likeness (QED) is 0.579. The first-order valence-corrected chi connectivity index (χ1v) is 7.56. The van der Waals surface area contributed by atoms with Gasteiger partial charge in [0, 0.05) is 19.9 Å². The minimum absolute atomic E-state index is 0.120. The molecule has 0 bridgehead atoms. The summed E-state index contributed by atoms with van der Waals surface area (Å²) in [6.45, 7) is 16.0. The van der Waals surface area contributed by atoms with Crippen molar-refractivity contribution >= 4 is 20.7 Å². The molecule has 0 heterocycles. The average Bonchev–Trinajstić information content (AvgIpc) is 2.03. The number of carbonyl (C=O) groups is 2. The summed E-state index contributed by atoms with van der Waals surface area (Å²) in [5.74, 6) is -1.87. The highest BCUT2D eigenvalue weighted by atomic mass is 28.3. The van der Waals surface area contributed by atoms with E-state index in [2.05, 4.69) is 32.8 Å². The van der Waals surface area contributed by atoms with Gasteiger partial charge in [-0.1, -0.05) is 32.8 Å². The molecule has 0 aliphatic carbocycles. The standard InChI is InChI=1S/2C4H6O2.C3H9Si/c2*1-3(2)4(5)6;1-4(2)3/h2*1H2,2H3,(H,5,6);1-3H3. The van der Waals surface area contributed by atoms with Crippen molar-refractivity contribution in [2.75, 3.05) is 0 Å². The Hall–Kier alpha value is -1.36. The summed E-state index contributed by atoms with van der Waals surface area (Å²) in [6.07, 6.45) is 0. The van der Waals surface area contributed by atoms with Crippen LogP contribution in [0.5, 0.6) is 0 Å². The van der Waals surface area contributed by atoms with E-state index in [9.17, 15) is 9.59 Å². The van der Waals surface area contributed by atoms with Gasteiger partial charge in [-0.2, -0.15) is 0 Å². The van der Waals surface area contributed by atoms with E-state index in [1.165, 1.54) is 13.8 Å². The van der Waals surface area contributed by atoms with Crippen LogP contribution in [0.15, 0.2) is 24.3 Å². The smallest absolute Gasteiger partial charge is 0.330 e. The highest BCUT2D eigenvalue weighted by Gasteiger charge is 1.90. The Labute approximate surface area is 98.9 Å². The van der Waals surface area contributed by atoms with Gasteiger partial charge in [0.05, 0.1) is 0 Å². The van der Waals surface area contributed by atoms with Gasteiger partial charge in [0.25, 0.3) is 0 Å². The van der Waals surface area contributed by atoms with Crippen molar-refractivity contribution in [3.05, 3.63) is 24.3 Å². The molecule has 0 aromatic carbocycles. The van der Waals surface area contributed by atoms with Crippen LogP contribution in [0.1, 0.15) is 13.8 Å². The first kappa shape index (κ1) is 20.1. The molecule has 0 rings (SSSR count). The summed E-state index contributed by atoms with van der Waals surface area (Å²) < 4.78 is 0. The van der Waals surface area contributed by atoms with Crippen LogP contribution in [0.25, 0.3) is 0 Å². The second kappa shape index (κ2) is 11.7. The summed E-state index contributed by atoms with van der Waals surface area (Å²) in [5.41, 5.74) is 0.352. The predicted octanol–water partition coefficient (Wildman–Crippen LogP) is 2.66. The van der Waals surface area contributed by atoms with Gasteiger partial charge >= 0.3 is 11.9 Å². The van der Waals surface area contributed by atoms with Crippen molar-refractivity contribution in [1.82, 2.24) is 0 Å². The van der Waals surface area contributed by atoms with Crippen molar-refractivity contribution in [2.45, 2.75) is 33.5 Å². The Morgan fingerprint density at radius 3 is 0.938 bits per heavy atom. The van der Waals surface area contributed by atoms with E-state index in [1.807, 2.05) is 0 Å². The normalized spacial score (nSPS) is 7.88. The summed E-state index contributed by atoms with van der Waals surface area (Å²) >= 11 is 0. The maximum atomic E-state index is 9.60. The van der Waals surface area contributed by atoms with Crippen LogP contribution in [0.4, 0.5) is 0 Å².